The van der Waals surface area contributed by atoms with Crippen LogP contribution < -0.4 is 10.3 Å². The fourth-order valence-electron chi connectivity index (χ4n) is 5.04. The van der Waals surface area contributed by atoms with E-state index in [1.807, 2.05) is 0 Å². The van der Waals surface area contributed by atoms with Crippen LogP contribution in [0.2, 0.25) is 0 Å². The van der Waals surface area contributed by atoms with Gasteiger partial charge in [0.25, 0.3) is 0 Å². The van der Waals surface area contributed by atoms with Gasteiger partial charge in [0, 0.05) is 0 Å². The molecule has 0 amide bonds. The molecule has 4 aliphatic rings. The molecule has 6 rings (SSSR count). The van der Waals surface area contributed by atoms with Gasteiger partial charge in [-0.2, -0.15) is 0 Å². The molecule has 2 aromatic carbocycles. The van der Waals surface area contributed by atoms with Crippen LogP contribution in [0.4, 0.5) is 5.69 Å². The number of hydrogen-bond donors (Lipinski definition) is 0. The normalized spacial score (nSPS) is 16.7. The van der Waals surface area contributed by atoms with Gasteiger partial charge in [0.2, 0.25) is 0 Å². The Morgan fingerprint density at radius 1 is 1.07 bits per heavy atom. The van der Waals surface area contributed by atoms with E-state index in [-0.39, 0.29) is 14.5 Å². The Bertz CT molecular complexity index is 1290. The van der Waals surface area contributed by atoms with E-state index < -0.39 is 0 Å². The molecule has 29 heavy (non-hydrogen) atoms. The van der Waals surface area contributed by atoms with E-state index in [4.69, 9.17) is 21.6 Å². The van der Waals surface area contributed by atoms with Crippen molar-refractivity contribution in [1.29, 1.82) is 0 Å². The number of fused-ring (bicyclic) bond motifs is 5. The SMILES string of the molecule is ClCCN=c1cc2[se]c3c4c5c(cc3nc-2c2ccccc12)CCCN5CCC4. The van der Waals surface area contributed by atoms with Gasteiger partial charge < -0.3 is 0 Å². The predicted octanol–water partition coefficient (Wildman–Crippen LogP) is 4.39. The second-order valence-corrected chi connectivity index (χ2v) is 10.6. The molecule has 3 aliphatic heterocycles. The molecule has 146 valence electrons. The molecule has 5 heteroatoms. The quantitative estimate of drug-likeness (QED) is 0.190. The monoisotopic (exact) mass is 467 g/mol. The summed E-state index contributed by atoms with van der Waals surface area (Å²) in [6, 6.07) is 13.2. The Labute approximate surface area is 181 Å². The number of aryl methyl sites for hydroxylation is 2. The Kier molecular flexibility index (Phi) is 4.41. The number of halogens is 1. The predicted molar refractivity (Wildman–Crippen MR) is 123 cm³/mol. The molecular weight excluding hydrogens is 445 g/mol. The number of anilines is 1. The zero-order chi connectivity index (χ0) is 19.4. The molecular formula is C24H22ClN3Se. The maximum atomic E-state index is 5.93. The summed E-state index contributed by atoms with van der Waals surface area (Å²) in [5, 5.41) is 3.47. The average Bonchev–Trinajstić information content (AvgIpc) is 2.77. The van der Waals surface area contributed by atoms with E-state index in [0.29, 0.717) is 12.4 Å². The summed E-state index contributed by atoms with van der Waals surface area (Å²) in [5.74, 6) is 0.551. The van der Waals surface area contributed by atoms with Crippen LogP contribution in [-0.4, -0.2) is 45.0 Å². The molecule has 0 unspecified atom stereocenters. The van der Waals surface area contributed by atoms with Crippen LogP contribution in [0.15, 0.2) is 41.4 Å². The topological polar surface area (TPSA) is 28.5 Å². The van der Waals surface area contributed by atoms with Gasteiger partial charge in [-0.15, -0.1) is 0 Å². The average molecular weight is 467 g/mol. The standard InChI is InChI=1S/C24H22ClN3Se/c25-9-10-26-19-14-21-22(17-7-2-1-6-16(17)19)27-20-13-15-5-3-11-28-12-4-8-18(23(15)28)24(20)29-21/h1-2,6-7,13-14H,3-5,8-12H2. The Morgan fingerprint density at radius 2 is 1.90 bits per heavy atom. The number of alkyl halides is 1. The fraction of sp³-hybridized carbons (Fsp3) is 0.333. The van der Waals surface area contributed by atoms with Gasteiger partial charge in [-0.05, 0) is 0 Å². The second kappa shape index (κ2) is 7.12. The van der Waals surface area contributed by atoms with Crippen molar-refractivity contribution in [3.8, 4) is 10.1 Å². The van der Waals surface area contributed by atoms with Crippen molar-refractivity contribution in [2.45, 2.75) is 25.7 Å². The summed E-state index contributed by atoms with van der Waals surface area (Å²) in [6.45, 7) is 3.08. The molecule has 0 saturated carbocycles. The van der Waals surface area contributed by atoms with Gasteiger partial charge in [0.05, 0.1) is 0 Å². The van der Waals surface area contributed by atoms with Gasteiger partial charge >= 0.3 is 181 Å². The van der Waals surface area contributed by atoms with E-state index in [1.165, 1.54) is 69.3 Å². The number of nitrogens with zero attached hydrogens (tertiary/aromatic N) is 3. The van der Waals surface area contributed by atoms with Gasteiger partial charge in [-0.25, -0.2) is 0 Å². The molecule has 0 N–H and O–H groups in total. The minimum absolute atomic E-state index is 0.256. The fourth-order valence-corrected chi connectivity index (χ4v) is 7.59. The molecule has 1 aliphatic carbocycles. The molecule has 3 nitrogen and oxygen atoms in total. The van der Waals surface area contributed by atoms with Crippen molar-refractivity contribution in [3.05, 3.63) is 52.9 Å². The number of rotatable bonds is 2. The maximum absolute atomic E-state index is 5.93. The Morgan fingerprint density at radius 3 is 2.76 bits per heavy atom. The van der Waals surface area contributed by atoms with Crippen molar-refractivity contribution in [1.82, 2.24) is 4.98 Å². The summed E-state index contributed by atoms with van der Waals surface area (Å²) in [5.41, 5.74) is 7.05. The summed E-state index contributed by atoms with van der Waals surface area (Å²) in [6.07, 6.45) is 4.92. The molecule has 0 bridgehead atoms. The molecule has 2 aromatic rings. The Balaban J connectivity index is 1.72. The van der Waals surface area contributed by atoms with Crippen LogP contribution in [0.1, 0.15) is 24.0 Å². The van der Waals surface area contributed by atoms with Gasteiger partial charge in [-0.1, -0.05) is 0 Å². The van der Waals surface area contributed by atoms with Crippen LogP contribution >= 0.6 is 11.6 Å². The van der Waals surface area contributed by atoms with Crippen molar-refractivity contribution >= 4 is 52.3 Å². The van der Waals surface area contributed by atoms with E-state index >= 15 is 0 Å². The number of benzene rings is 3. The molecule has 0 fully saturated rings. The van der Waals surface area contributed by atoms with Crippen LogP contribution in [-0.2, 0) is 12.8 Å². The summed E-state index contributed by atoms with van der Waals surface area (Å²) in [7, 11) is 0. The minimum atomic E-state index is 0.256. The van der Waals surface area contributed by atoms with Crippen molar-refractivity contribution in [3.63, 3.8) is 0 Å². The number of aromatic nitrogens is 1. The van der Waals surface area contributed by atoms with Crippen molar-refractivity contribution in [2.24, 2.45) is 4.99 Å². The molecule has 0 saturated heterocycles. The molecule has 0 radical (unpaired) electrons. The summed E-state index contributed by atoms with van der Waals surface area (Å²) >= 11 is 6.18. The van der Waals surface area contributed by atoms with Crippen molar-refractivity contribution < 1.29 is 0 Å². The first kappa shape index (κ1) is 17.9. The van der Waals surface area contributed by atoms with E-state index in [1.54, 1.807) is 11.3 Å². The first-order chi connectivity index (χ1) is 14.3. The van der Waals surface area contributed by atoms with Gasteiger partial charge in [0.1, 0.15) is 0 Å². The molecule has 0 aromatic heterocycles. The summed E-state index contributed by atoms with van der Waals surface area (Å²) in [4.78, 5) is 12.7. The molecule has 0 atom stereocenters. The molecule has 3 heterocycles. The van der Waals surface area contributed by atoms with E-state index in [9.17, 15) is 0 Å². The van der Waals surface area contributed by atoms with Crippen LogP contribution in [0, 0.1) is 0 Å². The van der Waals surface area contributed by atoms with Crippen LogP contribution in [0.5, 0.6) is 0 Å². The summed E-state index contributed by atoms with van der Waals surface area (Å²) < 4.78 is 2.87. The number of hydrogen-bond acceptors (Lipinski definition) is 3. The second-order valence-electron chi connectivity index (χ2n) is 7.98. The zero-order valence-electron chi connectivity index (χ0n) is 16.2. The van der Waals surface area contributed by atoms with Crippen molar-refractivity contribution in [2.75, 3.05) is 30.4 Å². The first-order valence-electron chi connectivity index (χ1n) is 10.5. The Hall–Kier alpha value is -1.87. The zero-order valence-corrected chi connectivity index (χ0v) is 18.7. The third-order valence-corrected chi connectivity index (χ3v) is 8.89. The third-order valence-electron chi connectivity index (χ3n) is 6.22. The van der Waals surface area contributed by atoms with Crippen LogP contribution in [0.3, 0.4) is 0 Å². The van der Waals surface area contributed by atoms with Crippen LogP contribution in [0.25, 0.3) is 30.7 Å². The first-order valence-corrected chi connectivity index (χ1v) is 12.7. The van der Waals surface area contributed by atoms with Gasteiger partial charge in [0.15, 0.2) is 0 Å². The van der Waals surface area contributed by atoms with E-state index in [2.05, 4.69) is 41.3 Å². The van der Waals surface area contributed by atoms with E-state index in [0.717, 1.165) is 11.1 Å². The molecule has 0 spiro atoms. The third kappa shape index (κ3) is 2.84. The van der Waals surface area contributed by atoms with Gasteiger partial charge in [-0.3, -0.25) is 0 Å².